The molecule has 0 bridgehead atoms. The first-order valence-corrected chi connectivity index (χ1v) is 14.7. The fraction of sp³-hybridized carbons (Fsp3) is 0.469. The number of amides is 3. The van der Waals surface area contributed by atoms with Crippen molar-refractivity contribution in [3.05, 3.63) is 54.2 Å². The van der Waals surface area contributed by atoms with E-state index in [1.807, 2.05) is 24.3 Å². The van der Waals surface area contributed by atoms with Gasteiger partial charge in [0.2, 0.25) is 17.7 Å². The third-order valence-electron chi connectivity index (χ3n) is 8.22. The van der Waals surface area contributed by atoms with Crippen LogP contribution in [-0.2, 0) is 24.5 Å². The van der Waals surface area contributed by atoms with E-state index in [0.29, 0.717) is 35.2 Å². The number of ether oxygens (including phenoxy) is 2. The van der Waals surface area contributed by atoms with Crippen LogP contribution in [0, 0.1) is 0 Å². The van der Waals surface area contributed by atoms with Crippen molar-refractivity contribution in [1.82, 2.24) is 20.0 Å². The zero-order chi connectivity index (χ0) is 30.9. The highest BCUT2D eigenvalue weighted by atomic mass is 16.6. The minimum atomic E-state index is -0.809. The Hall–Kier alpha value is -4.41. The van der Waals surface area contributed by atoms with Gasteiger partial charge in [0.05, 0.1) is 29.9 Å². The molecule has 1 aliphatic carbocycles. The quantitative estimate of drug-likeness (QED) is 0.436. The van der Waals surface area contributed by atoms with Crippen LogP contribution < -0.4 is 15.4 Å². The lowest BCUT2D eigenvalue weighted by Gasteiger charge is -2.35. The van der Waals surface area contributed by atoms with Gasteiger partial charge in [0.25, 0.3) is 0 Å². The van der Waals surface area contributed by atoms with Crippen LogP contribution in [0.1, 0.15) is 65.4 Å². The number of aromatic nitrogens is 2. The van der Waals surface area contributed by atoms with Crippen molar-refractivity contribution in [1.29, 1.82) is 0 Å². The van der Waals surface area contributed by atoms with E-state index in [9.17, 15) is 19.2 Å². The van der Waals surface area contributed by atoms with E-state index in [1.54, 1.807) is 51.0 Å². The van der Waals surface area contributed by atoms with Gasteiger partial charge in [-0.2, -0.15) is 9.78 Å². The lowest BCUT2D eigenvalue weighted by molar-refractivity contribution is -0.141. The van der Waals surface area contributed by atoms with E-state index < -0.39 is 23.2 Å². The van der Waals surface area contributed by atoms with Crippen molar-refractivity contribution in [3.8, 4) is 5.75 Å². The standard InChI is InChI=1S/C32H39N5O6/c1-20(38)34-22-17-27(36(19-22)29(40)32(15-6-7-16-32)21-11-13-23(42-5)14-12-21)28(39)35-25-9-8-10-26-24(25)18-33-37(26)30(41)43-31(2,3)4/h8-14,18,22,27H,6-7,15-17,19H2,1-5H3,(H,34,38)(H,35,39)/t22-,27-/m1/s1. The van der Waals surface area contributed by atoms with Crippen molar-refractivity contribution < 1.29 is 28.7 Å². The first-order valence-electron chi connectivity index (χ1n) is 14.7. The molecule has 1 aromatic heterocycles. The summed E-state index contributed by atoms with van der Waals surface area (Å²) >= 11 is 0. The van der Waals surface area contributed by atoms with Crippen molar-refractivity contribution in [3.63, 3.8) is 0 Å². The highest BCUT2D eigenvalue weighted by Crippen LogP contribution is 2.44. The second kappa shape index (κ2) is 11.7. The molecule has 2 aromatic carbocycles. The summed E-state index contributed by atoms with van der Waals surface area (Å²) in [4.78, 5) is 54.7. The van der Waals surface area contributed by atoms with Gasteiger partial charge in [-0.3, -0.25) is 14.4 Å². The molecule has 0 unspecified atom stereocenters. The molecular formula is C32H39N5O6. The third-order valence-corrected chi connectivity index (χ3v) is 8.22. The smallest absolute Gasteiger partial charge is 0.435 e. The molecule has 228 valence electrons. The van der Waals surface area contributed by atoms with Gasteiger partial charge in [-0.05, 0) is 69.9 Å². The maximum Gasteiger partial charge on any atom is 0.435 e. The zero-order valence-corrected chi connectivity index (χ0v) is 25.3. The molecule has 43 heavy (non-hydrogen) atoms. The number of methoxy groups -OCH3 is 1. The van der Waals surface area contributed by atoms with Gasteiger partial charge < -0.3 is 25.0 Å². The Morgan fingerprint density at radius 2 is 1.72 bits per heavy atom. The SMILES string of the molecule is COc1ccc(C2(C(=O)N3C[C@H](NC(C)=O)C[C@@H]3C(=O)Nc3cccc4c3cnn4C(=O)OC(C)(C)C)CCCC2)cc1. The average molecular weight is 590 g/mol. The first kappa shape index (κ1) is 30.1. The number of likely N-dealkylation sites (tertiary alicyclic amines) is 1. The molecule has 1 saturated heterocycles. The van der Waals surface area contributed by atoms with Gasteiger partial charge in [-0.15, -0.1) is 0 Å². The Balaban J connectivity index is 1.44. The van der Waals surface area contributed by atoms with Gasteiger partial charge in [0.1, 0.15) is 17.4 Å². The topological polar surface area (TPSA) is 132 Å². The summed E-state index contributed by atoms with van der Waals surface area (Å²) in [5.74, 6) is 0.00176. The van der Waals surface area contributed by atoms with Crippen molar-refractivity contribution in [2.45, 2.75) is 82.9 Å². The summed E-state index contributed by atoms with van der Waals surface area (Å²) < 4.78 is 12.0. The van der Waals surface area contributed by atoms with Gasteiger partial charge >= 0.3 is 6.09 Å². The van der Waals surface area contributed by atoms with Crippen LogP contribution in [0.5, 0.6) is 5.75 Å². The molecule has 3 amide bonds. The molecule has 2 atom stereocenters. The zero-order valence-electron chi connectivity index (χ0n) is 25.3. The summed E-state index contributed by atoms with van der Waals surface area (Å²) in [6, 6.07) is 11.6. The van der Waals surface area contributed by atoms with Crippen LogP contribution >= 0.6 is 0 Å². The maximum atomic E-state index is 14.5. The number of nitrogens with zero attached hydrogens (tertiary/aromatic N) is 3. The van der Waals surface area contributed by atoms with Crippen LogP contribution in [-0.4, -0.2) is 69.8 Å². The summed E-state index contributed by atoms with van der Waals surface area (Å²) in [5.41, 5.74) is 0.375. The van der Waals surface area contributed by atoms with Crippen LogP contribution in [0.15, 0.2) is 48.7 Å². The van der Waals surface area contributed by atoms with Gasteiger partial charge in [-0.25, -0.2) is 4.79 Å². The number of anilines is 1. The molecule has 11 heteroatoms. The van der Waals surface area contributed by atoms with E-state index >= 15 is 0 Å². The molecule has 5 rings (SSSR count). The maximum absolute atomic E-state index is 14.5. The average Bonchev–Trinajstić information content (AvgIpc) is 3.71. The van der Waals surface area contributed by atoms with E-state index in [4.69, 9.17) is 9.47 Å². The molecule has 2 N–H and O–H groups in total. The molecule has 0 spiro atoms. The third kappa shape index (κ3) is 6.07. The minimum absolute atomic E-state index is 0.112. The Bertz CT molecular complexity index is 1530. The van der Waals surface area contributed by atoms with E-state index in [-0.39, 0.29) is 36.7 Å². The molecule has 3 aromatic rings. The number of nitrogens with one attached hydrogen (secondary N) is 2. The van der Waals surface area contributed by atoms with Crippen LogP contribution in [0.4, 0.5) is 10.5 Å². The molecule has 2 fully saturated rings. The Morgan fingerprint density at radius 1 is 1.02 bits per heavy atom. The van der Waals surface area contributed by atoms with Crippen molar-refractivity contribution in [2.75, 3.05) is 19.0 Å². The summed E-state index contributed by atoms with van der Waals surface area (Å²) in [7, 11) is 1.60. The Labute approximate surface area is 250 Å². The van der Waals surface area contributed by atoms with Crippen molar-refractivity contribution >= 4 is 40.4 Å². The lowest BCUT2D eigenvalue weighted by Crippen LogP contribution is -2.51. The van der Waals surface area contributed by atoms with Crippen LogP contribution in [0.25, 0.3) is 10.9 Å². The number of hydrogen-bond acceptors (Lipinski definition) is 7. The molecule has 1 saturated carbocycles. The molecule has 2 heterocycles. The fourth-order valence-electron chi connectivity index (χ4n) is 6.32. The van der Waals surface area contributed by atoms with E-state index in [1.165, 1.54) is 13.1 Å². The predicted octanol–water partition coefficient (Wildman–Crippen LogP) is 4.38. The van der Waals surface area contributed by atoms with E-state index in [2.05, 4.69) is 15.7 Å². The van der Waals surface area contributed by atoms with Gasteiger partial charge in [0, 0.05) is 24.9 Å². The number of fused-ring (bicyclic) bond motifs is 1. The molecule has 0 radical (unpaired) electrons. The monoisotopic (exact) mass is 589 g/mol. The largest absolute Gasteiger partial charge is 0.497 e. The van der Waals surface area contributed by atoms with Crippen LogP contribution in [0.3, 0.4) is 0 Å². The van der Waals surface area contributed by atoms with E-state index in [0.717, 1.165) is 23.1 Å². The highest BCUT2D eigenvalue weighted by Gasteiger charge is 2.50. The van der Waals surface area contributed by atoms with Gasteiger partial charge in [-0.1, -0.05) is 31.0 Å². The number of carbonyl (C=O) groups is 4. The molecule has 2 aliphatic rings. The van der Waals surface area contributed by atoms with Crippen LogP contribution in [0.2, 0.25) is 0 Å². The Morgan fingerprint density at radius 3 is 2.35 bits per heavy atom. The summed E-state index contributed by atoms with van der Waals surface area (Å²) in [5, 5.41) is 10.6. The number of benzene rings is 2. The second-order valence-corrected chi connectivity index (χ2v) is 12.4. The predicted molar refractivity (Wildman–Crippen MR) is 161 cm³/mol. The fourth-order valence-corrected chi connectivity index (χ4v) is 6.32. The number of hydrogen-bond donors (Lipinski definition) is 2. The molecule has 1 aliphatic heterocycles. The van der Waals surface area contributed by atoms with Crippen molar-refractivity contribution in [2.24, 2.45) is 0 Å². The summed E-state index contributed by atoms with van der Waals surface area (Å²) in [6.45, 7) is 6.98. The lowest BCUT2D eigenvalue weighted by atomic mass is 9.77. The Kier molecular flexibility index (Phi) is 8.18. The number of carbonyl (C=O) groups excluding carboxylic acids is 4. The highest BCUT2D eigenvalue weighted by molar-refractivity contribution is 6.06. The summed E-state index contributed by atoms with van der Waals surface area (Å²) in [6.07, 6.45) is 4.32. The minimum Gasteiger partial charge on any atom is -0.497 e. The second-order valence-electron chi connectivity index (χ2n) is 12.4. The number of rotatable bonds is 6. The molecule has 11 nitrogen and oxygen atoms in total. The first-order chi connectivity index (χ1) is 20.4. The molecular weight excluding hydrogens is 550 g/mol. The normalized spacial score (nSPS) is 19.7. The van der Waals surface area contributed by atoms with Gasteiger partial charge in [0.15, 0.2) is 0 Å².